The van der Waals surface area contributed by atoms with Gasteiger partial charge in [-0.05, 0) is 30.3 Å². The van der Waals surface area contributed by atoms with Crippen molar-refractivity contribution in [2.75, 3.05) is 14.2 Å². The van der Waals surface area contributed by atoms with Crippen molar-refractivity contribution in [1.29, 1.82) is 0 Å². The zero-order valence-corrected chi connectivity index (χ0v) is 12.5. The first kappa shape index (κ1) is 13.0. The first-order valence-corrected chi connectivity index (χ1v) is 6.71. The molecule has 0 N–H and O–H groups in total. The topological polar surface area (TPSA) is 48.7 Å². The molecule has 0 bridgehead atoms. The highest BCUT2D eigenvalue weighted by Gasteiger charge is 2.13. The number of hydrogen-bond donors (Lipinski definition) is 0. The van der Waals surface area contributed by atoms with Crippen LogP contribution in [0, 0.1) is 0 Å². The molecular weight excluding hydrogens is 324 g/mol. The minimum atomic E-state index is -0.393. The van der Waals surface area contributed by atoms with E-state index < -0.39 is 5.63 Å². The standard InChI is InChI=1S/C15H11BrO4/c1-18-13-6-9-10-5-8(16)3-4-12(10)20-15(17)11(9)7-14(13)19-2/h3-7H,1-2H3. The first-order valence-electron chi connectivity index (χ1n) is 5.92. The number of fused-ring (bicyclic) bond motifs is 3. The maximum absolute atomic E-state index is 12.1. The molecule has 102 valence electrons. The number of benzene rings is 2. The molecule has 20 heavy (non-hydrogen) atoms. The van der Waals surface area contributed by atoms with E-state index in [0.717, 1.165) is 15.2 Å². The molecule has 1 heterocycles. The molecule has 0 aliphatic rings. The molecule has 4 nitrogen and oxygen atoms in total. The van der Waals surface area contributed by atoms with Crippen molar-refractivity contribution < 1.29 is 13.9 Å². The lowest BCUT2D eigenvalue weighted by molar-refractivity contribution is 0.355. The van der Waals surface area contributed by atoms with Crippen LogP contribution < -0.4 is 15.1 Å². The van der Waals surface area contributed by atoms with Crippen molar-refractivity contribution in [3.8, 4) is 11.5 Å². The van der Waals surface area contributed by atoms with E-state index in [1.54, 1.807) is 25.3 Å². The summed E-state index contributed by atoms with van der Waals surface area (Å²) in [6.07, 6.45) is 0. The predicted octanol–water partition coefficient (Wildman–Crippen LogP) is 3.73. The van der Waals surface area contributed by atoms with Crippen LogP contribution in [0.25, 0.3) is 21.7 Å². The second-order valence-corrected chi connectivity index (χ2v) is 5.20. The average molecular weight is 335 g/mol. The minimum Gasteiger partial charge on any atom is -0.493 e. The predicted molar refractivity (Wildman–Crippen MR) is 80.8 cm³/mol. The van der Waals surface area contributed by atoms with Gasteiger partial charge in [0.1, 0.15) is 5.58 Å². The van der Waals surface area contributed by atoms with Gasteiger partial charge in [-0.1, -0.05) is 15.9 Å². The van der Waals surface area contributed by atoms with Gasteiger partial charge in [0.05, 0.1) is 19.6 Å². The highest BCUT2D eigenvalue weighted by atomic mass is 79.9. The zero-order chi connectivity index (χ0) is 14.3. The fourth-order valence-corrected chi connectivity index (χ4v) is 2.59. The Morgan fingerprint density at radius 1 is 0.950 bits per heavy atom. The molecule has 2 aromatic carbocycles. The molecule has 0 fully saturated rings. The molecule has 0 atom stereocenters. The molecule has 0 radical (unpaired) electrons. The lowest BCUT2D eigenvalue weighted by atomic mass is 10.1. The Bertz CT molecular complexity index is 867. The first-order chi connectivity index (χ1) is 9.63. The monoisotopic (exact) mass is 334 g/mol. The fraction of sp³-hybridized carbons (Fsp3) is 0.133. The van der Waals surface area contributed by atoms with Gasteiger partial charge < -0.3 is 13.9 Å². The van der Waals surface area contributed by atoms with Gasteiger partial charge >= 0.3 is 5.63 Å². The molecule has 0 amide bonds. The molecule has 0 saturated heterocycles. The summed E-state index contributed by atoms with van der Waals surface area (Å²) in [7, 11) is 3.09. The van der Waals surface area contributed by atoms with E-state index in [-0.39, 0.29) is 0 Å². The van der Waals surface area contributed by atoms with E-state index in [1.807, 2.05) is 12.1 Å². The molecule has 1 aromatic heterocycles. The number of methoxy groups -OCH3 is 2. The van der Waals surface area contributed by atoms with Crippen LogP contribution in [0.4, 0.5) is 0 Å². The Kier molecular flexibility index (Phi) is 3.14. The summed E-state index contributed by atoms with van der Waals surface area (Å²) in [6.45, 7) is 0. The van der Waals surface area contributed by atoms with Crippen LogP contribution in [0.2, 0.25) is 0 Å². The van der Waals surface area contributed by atoms with Crippen molar-refractivity contribution in [1.82, 2.24) is 0 Å². The van der Waals surface area contributed by atoms with Gasteiger partial charge in [0.15, 0.2) is 11.5 Å². The van der Waals surface area contributed by atoms with Crippen LogP contribution >= 0.6 is 15.9 Å². The zero-order valence-electron chi connectivity index (χ0n) is 10.9. The summed E-state index contributed by atoms with van der Waals surface area (Å²) in [5, 5.41) is 2.08. The van der Waals surface area contributed by atoms with Gasteiger partial charge in [0.2, 0.25) is 0 Å². The van der Waals surface area contributed by atoms with Crippen molar-refractivity contribution >= 4 is 37.7 Å². The largest absolute Gasteiger partial charge is 0.493 e. The van der Waals surface area contributed by atoms with Crippen LogP contribution in [-0.4, -0.2) is 14.2 Å². The normalized spacial score (nSPS) is 10.9. The fourth-order valence-electron chi connectivity index (χ4n) is 2.23. The molecule has 0 saturated carbocycles. The summed E-state index contributed by atoms with van der Waals surface area (Å²) in [6, 6.07) is 8.93. The smallest absolute Gasteiger partial charge is 0.344 e. The summed E-state index contributed by atoms with van der Waals surface area (Å²) >= 11 is 3.42. The van der Waals surface area contributed by atoms with Gasteiger partial charge in [-0.2, -0.15) is 0 Å². The van der Waals surface area contributed by atoms with E-state index in [1.165, 1.54) is 7.11 Å². The van der Waals surface area contributed by atoms with Gasteiger partial charge in [-0.3, -0.25) is 0 Å². The molecule has 0 aliphatic heterocycles. The Morgan fingerprint density at radius 2 is 1.60 bits per heavy atom. The number of hydrogen-bond acceptors (Lipinski definition) is 4. The van der Waals surface area contributed by atoms with Crippen molar-refractivity contribution in [3.05, 3.63) is 45.2 Å². The maximum atomic E-state index is 12.1. The maximum Gasteiger partial charge on any atom is 0.344 e. The molecule has 3 aromatic rings. The second kappa shape index (κ2) is 4.83. The third-order valence-electron chi connectivity index (χ3n) is 3.18. The molecule has 0 aliphatic carbocycles. The van der Waals surface area contributed by atoms with E-state index in [4.69, 9.17) is 13.9 Å². The summed E-state index contributed by atoms with van der Waals surface area (Å²) in [4.78, 5) is 12.1. The lowest BCUT2D eigenvalue weighted by Crippen LogP contribution is -2.01. The third-order valence-corrected chi connectivity index (χ3v) is 3.67. The van der Waals surface area contributed by atoms with Crippen LogP contribution in [-0.2, 0) is 0 Å². The number of rotatable bonds is 2. The van der Waals surface area contributed by atoms with Gasteiger partial charge in [0, 0.05) is 15.2 Å². The van der Waals surface area contributed by atoms with Crippen molar-refractivity contribution in [2.45, 2.75) is 0 Å². The molecular formula is C15H11BrO4. The Labute approximate surface area is 123 Å². The quantitative estimate of drug-likeness (QED) is 0.529. The highest BCUT2D eigenvalue weighted by Crippen LogP contribution is 2.34. The average Bonchev–Trinajstić information content (AvgIpc) is 2.47. The summed E-state index contributed by atoms with van der Waals surface area (Å²) < 4.78 is 16.8. The van der Waals surface area contributed by atoms with Crippen LogP contribution in [0.3, 0.4) is 0 Å². The number of ether oxygens (including phenoxy) is 2. The van der Waals surface area contributed by atoms with E-state index in [2.05, 4.69) is 15.9 Å². The summed E-state index contributed by atoms with van der Waals surface area (Å²) in [5.74, 6) is 1.08. The van der Waals surface area contributed by atoms with Crippen LogP contribution in [0.15, 0.2) is 44.0 Å². The van der Waals surface area contributed by atoms with Crippen molar-refractivity contribution in [2.24, 2.45) is 0 Å². The van der Waals surface area contributed by atoms with E-state index in [0.29, 0.717) is 22.5 Å². The lowest BCUT2D eigenvalue weighted by Gasteiger charge is -2.10. The Balaban J connectivity index is 2.53. The van der Waals surface area contributed by atoms with Crippen molar-refractivity contribution in [3.63, 3.8) is 0 Å². The molecule has 3 rings (SSSR count). The SMILES string of the molecule is COc1cc2c(=O)oc3ccc(Br)cc3c2cc1OC. The number of halogens is 1. The van der Waals surface area contributed by atoms with Gasteiger partial charge in [-0.25, -0.2) is 4.79 Å². The Hall–Kier alpha value is -2.01. The van der Waals surface area contributed by atoms with E-state index in [9.17, 15) is 4.79 Å². The molecule has 0 unspecified atom stereocenters. The van der Waals surface area contributed by atoms with E-state index >= 15 is 0 Å². The van der Waals surface area contributed by atoms with Gasteiger partial charge in [-0.15, -0.1) is 0 Å². The molecule has 0 spiro atoms. The second-order valence-electron chi connectivity index (χ2n) is 4.28. The molecule has 5 heteroatoms. The Morgan fingerprint density at radius 3 is 2.25 bits per heavy atom. The minimum absolute atomic E-state index is 0.393. The highest BCUT2D eigenvalue weighted by molar-refractivity contribution is 9.10. The van der Waals surface area contributed by atoms with Crippen LogP contribution in [0.5, 0.6) is 11.5 Å². The summed E-state index contributed by atoms with van der Waals surface area (Å²) in [5.41, 5.74) is 0.147. The third kappa shape index (κ3) is 1.94. The van der Waals surface area contributed by atoms with Crippen LogP contribution in [0.1, 0.15) is 0 Å². The van der Waals surface area contributed by atoms with Gasteiger partial charge in [0.25, 0.3) is 0 Å².